The number of carboxylic acid groups (broad SMARTS) is 1. The first kappa shape index (κ1) is 10.2. The minimum atomic E-state index is -1.06. The number of aromatic amines is 1. The van der Waals surface area contributed by atoms with Crippen LogP contribution in [-0.4, -0.2) is 26.4 Å². The van der Waals surface area contributed by atoms with E-state index in [4.69, 9.17) is 5.11 Å². The van der Waals surface area contributed by atoms with E-state index >= 15 is 0 Å². The predicted molar refractivity (Wildman–Crippen MR) is 57.4 cm³/mol. The highest BCUT2D eigenvalue weighted by Gasteiger charge is 2.11. The average Bonchev–Trinajstić information content (AvgIpc) is 2.71. The molecule has 1 aromatic carbocycles. The van der Waals surface area contributed by atoms with E-state index in [1.54, 1.807) is 25.1 Å². The van der Waals surface area contributed by atoms with Crippen molar-refractivity contribution >= 4 is 5.97 Å². The summed E-state index contributed by atoms with van der Waals surface area (Å²) in [6.45, 7) is 1.75. The summed E-state index contributed by atoms with van der Waals surface area (Å²) in [6.07, 6.45) is 0. The average molecular weight is 218 g/mol. The number of aromatic nitrogens is 2. The van der Waals surface area contributed by atoms with Crippen LogP contribution < -0.4 is 0 Å². The third kappa shape index (κ3) is 1.63. The van der Waals surface area contributed by atoms with Gasteiger partial charge < -0.3 is 10.2 Å². The molecule has 0 aliphatic heterocycles. The molecule has 16 heavy (non-hydrogen) atoms. The molecule has 5 heteroatoms. The van der Waals surface area contributed by atoms with Crippen LogP contribution in [-0.2, 0) is 0 Å². The largest absolute Gasteiger partial charge is 0.508 e. The lowest BCUT2D eigenvalue weighted by atomic mass is 10.0. The number of nitrogens with one attached hydrogen (secondary N) is 1. The van der Waals surface area contributed by atoms with Gasteiger partial charge in [0.1, 0.15) is 11.4 Å². The minimum Gasteiger partial charge on any atom is -0.508 e. The van der Waals surface area contributed by atoms with Crippen LogP contribution in [0.25, 0.3) is 11.3 Å². The van der Waals surface area contributed by atoms with E-state index in [0.717, 1.165) is 0 Å². The molecule has 0 saturated heterocycles. The number of rotatable bonds is 2. The molecule has 0 bridgehead atoms. The highest BCUT2D eigenvalue weighted by atomic mass is 16.4. The monoisotopic (exact) mass is 218 g/mol. The van der Waals surface area contributed by atoms with Crippen molar-refractivity contribution in [1.29, 1.82) is 0 Å². The smallest absolute Gasteiger partial charge is 0.353 e. The van der Waals surface area contributed by atoms with E-state index in [-0.39, 0.29) is 11.4 Å². The number of H-pyrrole nitrogens is 1. The number of carboxylic acids is 1. The lowest BCUT2D eigenvalue weighted by Gasteiger charge is -2.03. The van der Waals surface area contributed by atoms with E-state index in [2.05, 4.69) is 10.2 Å². The third-order valence-corrected chi connectivity index (χ3v) is 2.39. The quantitative estimate of drug-likeness (QED) is 0.717. The first-order chi connectivity index (χ1) is 7.59. The third-order valence-electron chi connectivity index (χ3n) is 2.39. The van der Waals surface area contributed by atoms with E-state index in [1.165, 1.54) is 6.07 Å². The molecule has 2 rings (SSSR count). The van der Waals surface area contributed by atoms with Gasteiger partial charge in [-0.3, -0.25) is 5.10 Å². The number of hydrogen-bond donors (Lipinski definition) is 3. The van der Waals surface area contributed by atoms with Crippen molar-refractivity contribution in [2.45, 2.75) is 6.92 Å². The minimum absolute atomic E-state index is 0.0257. The standard InChI is InChI=1S/C11H10N2O3/c1-6-7(3-2-4-10(6)14)8-5-9(11(15)16)13-12-8/h2-5,14H,1H3,(H,12,13)(H,15,16). The summed E-state index contributed by atoms with van der Waals surface area (Å²) in [6, 6.07) is 6.47. The Hall–Kier alpha value is -2.30. The molecular formula is C11H10N2O3. The number of aromatic carboxylic acids is 1. The van der Waals surface area contributed by atoms with Crippen molar-refractivity contribution < 1.29 is 15.0 Å². The van der Waals surface area contributed by atoms with Crippen molar-refractivity contribution in [3.8, 4) is 17.0 Å². The molecule has 3 N–H and O–H groups in total. The Bertz CT molecular complexity index is 546. The Labute approximate surface area is 91.4 Å². The number of phenolic OH excluding ortho intramolecular Hbond substituents is 1. The van der Waals surface area contributed by atoms with Gasteiger partial charge in [-0.2, -0.15) is 5.10 Å². The van der Waals surface area contributed by atoms with Gasteiger partial charge in [-0.1, -0.05) is 12.1 Å². The molecule has 0 aliphatic rings. The van der Waals surface area contributed by atoms with Gasteiger partial charge in [0.25, 0.3) is 0 Å². The van der Waals surface area contributed by atoms with Crippen molar-refractivity contribution in [3.05, 3.63) is 35.5 Å². The fourth-order valence-corrected chi connectivity index (χ4v) is 1.47. The summed E-state index contributed by atoms with van der Waals surface area (Å²) in [5.41, 5.74) is 1.92. The molecule has 1 aromatic heterocycles. The van der Waals surface area contributed by atoms with Crippen LogP contribution in [0.1, 0.15) is 16.1 Å². The zero-order valence-corrected chi connectivity index (χ0v) is 8.56. The molecule has 0 fully saturated rings. The molecule has 0 saturated carbocycles. The van der Waals surface area contributed by atoms with Gasteiger partial charge in [0, 0.05) is 11.1 Å². The fourth-order valence-electron chi connectivity index (χ4n) is 1.47. The maximum atomic E-state index is 10.7. The zero-order valence-electron chi connectivity index (χ0n) is 8.56. The maximum Gasteiger partial charge on any atom is 0.353 e. The second kappa shape index (κ2) is 3.69. The molecule has 5 nitrogen and oxygen atoms in total. The van der Waals surface area contributed by atoms with Gasteiger partial charge in [-0.05, 0) is 19.1 Å². The first-order valence-electron chi connectivity index (χ1n) is 4.67. The number of benzene rings is 1. The van der Waals surface area contributed by atoms with Gasteiger partial charge in [0.2, 0.25) is 0 Å². The van der Waals surface area contributed by atoms with Crippen LogP contribution in [0.5, 0.6) is 5.75 Å². The Balaban J connectivity index is 2.50. The zero-order chi connectivity index (χ0) is 11.7. The molecule has 0 atom stereocenters. The SMILES string of the molecule is Cc1c(O)cccc1-c1cc(C(=O)O)[nH]n1. The second-order valence-corrected chi connectivity index (χ2v) is 3.42. The molecular weight excluding hydrogens is 208 g/mol. The normalized spacial score (nSPS) is 10.3. The van der Waals surface area contributed by atoms with E-state index in [0.29, 0.717) is 16.8 Å². The van der Waals surface area contributed by atoms with E-state index in [1.807, 2.05) is 0 Å². The van der Waals surface area contributed by atoms with Crippen molar-refractivity contribution in [3.63, 3.8) is 0 Å². The first-order valence-corrected chi connectivity index (χ1v) is 4.67. The van der Waals surface area contributed by atoms with Crippen molar-refractivity contribution in [2.75, 3.05) is 0 Å². The summed E-state index contributed by atoms with van der Waals surface area (Å²) in [5, 5.41) is 24.6. The number of nitrogens with zero attached hydrogens (tertiary/aromatic N) is 1. The molecule has 0 aliphatic carbocycles. The topological polar surface area (TPSA) is 86.2 Å². The van der Waals surface area contributed by atoms with Crippen LogP contribution in [0.2, 0.25) is 0 Å². The van der Waals surface area contributed by atoms with Gasteiger partial charge in [-0.25, -0.2) is 4.79 Å². The Morgan fingerprint density at radius 1 is 1.44 bits per heavy atom. The Morgan fingerprint density at radius 3 is 2.81 bits per heavy atom. The fraction of sp³-hybridized carbons (Fsp3) is 0.0909. The van der Waals surface area contributed by atoms with Gasteiger partial charge in [0.15, 0.2) is 0 Å². The second-order valence-electron chi connectivity index (χ2n) is 3.42. The van der Waals surface area contributed by atoms with Crippen LogP contribution in [0.15, 0.2) is 24.3 Å². The highest BCUT2D eigenvalue weighted by molar-refractivity contribution is 5.87. The van der Waals surface area contributed by atoms with Gasteiger partial charge >= 0.3 is 5.97 Å². The van der Waals surface area contributed by atoms with Crippen LogP contribution in [0.4, 0.5) is 0 Å². The Kier molecular flexibility index (Phi) is 2.36. The molecule has 0 spiro atoms. The highest BCUT2D eigenvalue weighted by Crippen LogP contribution is 2.27. The molecule has 0 radical (unpaired) electrons. The Morgan fingerprint density at radius 2 is 2.19 bits per heavy atom. The molecule has 1 heterocycles. The maximum absolute atomic E-state index is 10.7. The molecule has 82 valence electrons. The lowest BCUT2D eigenvalue weighted by molar-refractivity contribution is 0.0690. The molecule has 0 unspecified atom stereocenters. The molecule has 0 amide bonds. The predicted octanol–water partition coefficient (Wildman–Crippen LogP) is 1.79. The van der Waals surface area contributed by atoms with E-state index in [9.17, 15) is 9.90 Å². The van der Waals surface area contributed by atoms with Crippen molar-refractivity contribution in [1.82, 2.24) is 10.2 Å². The lowest BCUT2D eigenvalue weighted by Crippen LogP contribution is -1.95. The number of aromatic hydroxyl groups is 1. The summed E-state index contributed by atoms with van der Waals surface area (Å²) in [7, 11) is 0. The van der Waals surface area contributed by atoms with Crippen LogP contribution in [0, 0.1) is 6.92 Å². The van der Waals surface area contributed by atoms with Crippen molar-refractivity contribution in [2.24, 2.45) is 0 Å². The summed E-state index contributed by atoms with van der Waals surface area (Å²) < 4.78 is 0. The van der Waals surface area contributed by atoms with Gasteiger partial charge in [-0.15, -0.1) is 0 Å². The molecule has 2 aromatic rings. The van der Waals surface area contributed by atoms with Gasteiger partial charge in [0.05, 0.1) is 5.69 Å². The van der Waals surface area contributed by atoms with E-state index < -0.39 is 5.97 Å². The summed E-state index contributed by atoms with van der Waals surface area (Å²) >= 11 is 0. The van der Waals surface area contributed by atoms with Crippen LogP contribution in [0.3, 0.4) is 0 Å². The number of carbonyl (C=O) groups is 1. The summed E-state index contributed by atoms with van der Waals surface area (Å²) in [5.74, 6) is -0.895. The summed E-state index contributed by atoms with van der Waals surface area (Å²) in [4.78, 5) is 10.7. The number of hydrogen-bond acceptors (Lipinski definition) is 3. The van der Waals surface area contributed by atoms with Crippen LogP contribution >= 0.6 is 0 Å². The number of phenols is 1.